The molecule has 1 aromatic heterocycles. The predicted octanol–water partition coefficient (Wildman–Crippen LogP) is 4.08. The lowest BCUT2D eigenvalue weighted by atomic mass is 9.87. The standard InChI is InChI=1S/C20H24N4O2S/c1-19(2,3)15-8-6-14(7-9-15)17-23-24-18(26-17)27-12-16(25)22-20(13-21)10-4-5-11-20/h6-9H,4-5,10-12H2,1-3H3,(H,22,25). The summed E-state index contributed by atoms with van der Waals surface area (Å²) in [7, 11) is 0. The second-order valence-corrected chi connectivity index (χ2v) is 8.86. The highest BCUT2D eigenvalue weighted by Gasteiger charge is 2.35. The number of hydrogen-bond acceptors (Lipinski definition) is 6. The third-order valence-electron chi connectivity index (χ3n) is 4.78. The smallest absolute Gasteiger partial charge is 0.277 e. The summed E-state index contributed by atoms with van der Waals surface area (Å²) in [4.78, 5) is 12.2. The molecule has 7 heteroatoms. The molecule has 1 aromatic carbocycles. The zero-order chi connectivity index (χ0) is 19.5. The minimum atomic E-state index is -0.702. The van der Waals surface area contributed by atoms with Crippen LogP contribution < -0.4 is 5.32 Å². The lowest BCUT2D eigenvalue weighted by molar-refractivity contribution is -0.119. The van der Waals surface area contributed by atoms with Crippen molar-refractivity contribution in [3.63, 3.8) is 0 Å². The van der Waals surface area contributed by atoms with Gasteiger partial charge < -0.3 is 9.73 Å². The van der Waals surface area contributed by atoms with Crippen LogP contribution in [0.5, 0.6) is 0 Å². The molecule has 1 heterocycles. The van der Waals surface area contributed by atoms with E-state index in [0.717, 1.165) is 31.2 Å². The van der Waals surface area contributed by atoms with E-state index in [4.69, 9.17) is 4.42 Å². The fourth-order valence-corrected chi connectivity index (χ4v) is 3.73. The molecular weight excluding hydrogens is 360 g/mol. The maximum atomic E-state index is 12.2. The number of carbonyl (C=O) groups excluding carboxylic acids is 1. The van der Waals surface area contributed by atoms with Gasteiger partial charge in [0.1, 0.15) is 5.54 Å². The Kier molecular flexibility index (Phi) is 5.56. The Labute approximate surface area is 163 Å². The Morgan fingerprint density at radius 3 is 2.52 bits per heavy atom. The highest BCUT2D eigenvalue weighted by atomic mass is 32.2. The van der Waals surface area contributed by atoms with Crippen molar-refractivity contribution in [2.75, 3.05) is 5.75 Å². The van der Waals surface area contributed by atoms with Gasteiger partial charge >= 0.3 is 0 Å². The summed E-state index contributed by atoms with van der Waals surface area (Å²) in [6.07, 6.45) is 3.38. The van der Waals surface area contributed by atoms with Crippen LogP contribution in [-0.4, -0.2) is 27.4 Å². The average molecular weight is 385 g/mol. The summed E-state index contributed by atoms with van der Waals surface area (Å²) in [5.41, 5.74) is 1.46. The molecule has 0 aliphatic heterocycles. The van der Waals surface area contributed by atoms with Gasteiger partial charge in [-0.1, -0.05) is 44.7 Å². The molecule has 142 valence electrons. The molecular formula is C20H24N4O2S. The SMILES string of the molecule is CC(C)(C)c1ccc(-c2nnc(SCC(=O)NC3(C#N)CCCC3)o2)cc1. The molecule has 0 bridgehead atoms. The first-order chi connectivity index (χ1) is 12.8. The highest BCUT2D eigenvalue weighted by Crippen LogP contribution is 2.30. The van der Waals surface area contributed by atoms with Crippen LogP contribution in [0.15, 0.2) is 33.9 Å². The molecule has 0 atom stereocenters. The van der Waals surface area contributed by atoms with Crippen LogP contribution >= 0.6 is 11.8 Å². The molecule has 1 aliphatic carbocycles. The van der Waals surface area contributed by atoms with Crippen LogP contribution in [0.3, 0.4) is 0 Å². The third kappa shape index (κ3) is 4.69. The van der Waals surface area contributed by atoms with Crippen LogP contribution in [0, 0.1) is 11.3 Å². The molecule has 0 unspecified atom stereocenters. The maximum absolute atomic E-state index is 12.2. The summed E-state index contributed by atoms with van der Waals surface area (Å²) in [5.74, 6) is 0.397. The predicted molar refractivity (Wildman–Crippen MR) is 104 cm³/mol. The van der Waals surface area contributed by atoms with Gasteiger partial charge in [0.15, 0.2) is 0 Å². The maximum Gasteiger partial charge on any atom is 0.277 e. The number of carbonyl (C=O) groups is 1. The van der Waals surface area contributed by atoms with Crippen LogP contribution in [0.4, 0.5) is 0 Å². The van der Waals surface area contributed by atoms with Crippen molar-refractivity contribution in [3.05, 3.63) is 29.8 Å². The lowest BCUT2D eigenvalue weighted by Crippen LogP contribution is -2.45. The number of nitrogens with zero attached hydrogens (tertiary/aromatic N) is 3. The van der Waals surface area contributed by atoms with E-state index in [1.807, 2.05) is 12.1 Å². The van der Waals surface area contributed by atoms with Crippen LogP contribution in [-0.2, 0) is 10.2 Å². The number of benzene rings is 1. The van der Waals surface area contributed by atoms with E-state index in [-0.39, 0.29) is 17.1 Å². The lowest BCUT2D eigenvalue weighted by Gasteiger charge is -2.21. The molecule has 27 heavy (non-hydrogen) atoms. The fraction of sp³-hybridized carbons (Fsp3) is 0.500. The minimum Gasteiger partial charge on any atom is -0.411 e. The van der Waals surface area contributed by atoms with Gasteiger partial charge in [0, 0.05) is 5.56 Å². The second kappa shape index (κ2) is 7.73. The molecule has 6 nitrogen and oxygen atoms in total. The molecule has 1 saturated carbocycles. The van der Waals surface area contributed by atoms with Crippen molar-refractivity contribution in [2.24, 2.45) is 0 Å². The Bertz CT molecular complexity index is 840. The van der Waals surface area contributed by atoms with E-state index in [1.165, 1.54) is 17.3 Å². The molecule has 0 saturated heterocycles. The van der Waals surface area contributed by atoms with E-state index in [9.17, 15) is 10.1 Å². The summed E-state index contributed by atoms with van der Waals surface area (Å²) < 4.78 is 5.66. The van der Waals surface area contributed by atoms with Crippen LogP contribution in [0.1, 0.15) is 52.0 Å². The molecule has 0 spiro atoms. The molecule has 1 N–H and O–H groups in total. The van der Waals surface area contributed by atoms with Gasteiger partial charge in [0.05, 0.1) is 11.8 Å². The molecule has 1 amide bonds. The highest BCUT2D eigenvalue weighted by molar-refractivity contribution is 7.99. The van der Waals surface area contributed by atoms with Crippen molar-refractivity contribution < 1.29 is 9.21 Å². The number of thioether (sulfide) groups is 1. The van der Waals surface area contributed by atoms with Crippen LogP contribution in [0.25, 0.3) is 11.5 Å². The van der Waals surface area contributed by atoms with Crippen molar-refractivity contribution in [1.29, 1.82) is 5.26 Å². The number of amides is 1. The second-order valence-electron chi connectivity index (χ2n) is 7.94. The third-order valence-corrected chi connectivity index (χ3v) is 5.60. The van der Waals surface area contributed by atoms with Gasteiger partial charge in [0.2, 0.25) is 11.8 Å². The molecule has 2 aromatic rings. The fourth-order valence-electron chi connectivity index (χ4n) is 3.17. The van der Waals surface area contributed by atoms with Crippen molar-refractivity contribution in [1.82, 2.24) is 15.5 Å². The Morgan fingerprint density at radius 2 is 1.93 bits per heavy atom. The van der Waals surface area contributed by atoms with Gasteiger partial charge in [-0.3, -0.25) is 4.79 Å². The number of nitrogens with one attached hydrogen (secondary N) is 1. The minimum absolute atomic E-state index is 0.0852. The van der Waals surface area contributed by atoms with Gasteiger partial charge in [-0.25, -0.2) is 0 Å². The largest absolute Gasteiger partial charge is 0.411 e. The zero-order valence-corrected chi connectivity index (χ0v) is 16.7. The topological polar surface area (TPSA) is 91.8 Å². The number of nitriles is 1. The molecule has 1 aliphatic rings. The number of hydrogen-bond donors (Lipinski definition) is 1. The number of rotatable bonds is 5. The van der Waals surface area contributed by atoms with E-state index in [1.54, 1.807) is 0 Å². The molecule has 1 fully saturated rings. The molecule has 0 radical (unpaired) electrons. The first-order valence-electron chi connectivity index (χ1n) is 9.11. The first-order valence-corrected chi connectivity index (χ1v) is 10.1. The van der Waals surface area contributed by atoms with Crippen molar-refractivity contribution in [3.8, 4) is 17.5 Å². The Balaban J connectivity index is 1.58. The molecule has 3 rings (SSSR count). The Hall–Kier alpha value is -2.33. The Morgan fingerprint density at radius 1 is 1.26 bits per heavy atom. The first kappa shape index (κ1) is 19.4. The normalized spacial score (nSPS) is 16.1. The van der Waals surface area contributed by atoms with Gasteiger partial charge in [0.25, 0.3) is 5.22 Å². The van der Waals surface area contributed by atoms with Gasteiger partial charge in [-0.05, 0) is 48.8 Å². The van der Waals surface area contributed by atoms with E-state index in [0.29, 0.717) is 11.1 Å². The van der Waals surface area contributed by atoms with Crippen molar-refractivity contribution >= 4 is 17.7 Å². The average Bonchev–Trinajstić information content (AvgIpc) is 3.29. The van der Waals surface area contributed by atoms with Gasteiger partial charge in [-0.15, -0.1) is 10.2 Å². The van der Waals surface area contributed by atoms with E-state index < -0.39 is 5.54 Å². The summed E-state index contributed by atoms with van der Waals surface area (Å²) in [5, 5.41) is 20.6. The van der Waals surface area contributed by atoms with E-state index in [2.05, 4.69) is 54.5 Å². The zero-order valence-electron chi connectivity index (χ0n) is 15.9. The summed E-state index contributed by atoms with van der Waals surface area (Å²) in [6.45, 7) is 6.49. The number of aromatic nitrogens is 2. The monoisotopic (exact) mass is 384 g/mol. The van der Waals surface area contributed by atoms with Crippen molar-refractivity contribution in [2.45, 2.75) is 62.6 Å². The van der Waals surface area contributed by atoms with E-state index >= 15 is 0 Å². The summed E-state index contributed by atoms with van der Waals surface area (Å²) in [6, 6.07) is 10.3. The quantitative estimate of drug-likeness (QED) is 0.781. The summed E-state index contributed by atoms with van der Waals surface area (Å²) >= 11 is 1.18. The van der Waals surface area contributed by atoms with Crippen LogP contribution in [0.2, 0.25) is 0 Å². The van der Waals surface area contributed by atoms with Gasteiger partial charge in [-0.2, -0.15) is 5.26 Å².